The van der Waals surface area contributed by atoms with E-state index in [0.29, 0.717) is 24.0 Å². The van der Waals surface area contributed by atoms with Crippen LogP contribution in [-0.4, -0.2) is 46.2 Å². The van der Waals surface area contributed by atoms with Crippen molar-refractivity contribution in [3.8, 4) is 0 Å². The van der Waals surface area contributed by atoms with Gasteiger partial charge >= 0.3 is 0 Å². The number of nitrogens with zero attached hydrogens (tertiary/aromatic N) is 4. The molecule has 0 aromatic carbocycles. The van der Waals surface area contributed by atoms with Gasteiger partial charge in [-0.2, -0.15) is 4.98 Å². The molecule has 1 aliphatic rings. The van der Waals surface area contributed by atoms with Gasteiger partial charge in [-0.05, 0) is 38.4 Å². The summed E-state index contributed by atoms with van der Waals surface area (Å²) >= 11 is 0. The second-order valence-corrected chi connectivity index (χ2v) is 6.69. The Kier molecular flexibility index (Phi) is 5.73. The topological polar surface area (TPSA) is 85.4 Å². The van der Waals surface area contributed by atoms with Crippen molar-refractivity contribution in [2.45, 2.75) is 44.9 Å². The number of amides is 1. The van der Waals surface area contributed by atoms with Crippen molar-refractivity contribution in [1.29, 1.82) is 0 Å². The zero-order chi connectivity index (χ0) is 18.7. The van der Waals surface area contributed by atoms with Gasteiger partial charge in [0, 0.05) is 26.9 Å². The SMILES string of the molecule is CNC(=O)c1ccc([C@H]2CCCCN2Cc2nc([C@H](C)OC)no2)n1C. The highest BCUT2D eigenvalue weighted by Crippen LogP contribution is 2.32. The van der Waals surface area contributed by atoms with E-state index in [9.17, 15) is 4.79 Å². The molecule has 0 spiro atoms. The Morgan fingerprint density at radius 3 is 3.00 bits per heavy atom. The quantitative estimate of drug-likeness (QED) is 0.849. The molecule has 8 nitrogen and oxygen atoms in total. The Bertz CT molecular complexity index is 754. The van der Waals surface area contributed by atoms with Crippen molar-refractivity contribution >= 4 is 5.91 Å². The van der Waals surface area contributed by atoms with Crippen molar-refractivity contribution in [1.82, 2.24) is 24.9 Å². The van der Waals surface area contributed by atoms with Crippen LogP contribution in [0.15, 0.2) is 16.7 Å². The average molecular weight is 361 g/mol. The highest BCUT2D eigenvalue weighted by atomic mass is 16.5. The van der Waals surface area contributed by atoms with E-state index in [-0.39, 0.29) is 18.1 Å². The molecule has 142 valence electrons. The molecule has 2 atom stereocenters. The first-order valence-corrected chi connectivity index (χ1v) is 9.02. The van der Waals surface area contributed by atoms with E-state index in [4.69, 9.17) is 9.26 Å². The number of likely N-dealkylation sites (tertiary alicyclic amines) is 1. The van der Waals surface area contributed by atoms with Gasteiger partial charge in [0.2, 0.25) is 5.89 Å². The predicted molar refractivity (Wildman–Crippen MR) is 95.5 cm³/mol. The van der Waals surface area contributed by atoms with Crippen molar-refractivity contribution in [3.63, 3.8) is 0 Å². The minimum atomic E-state index is -0.187. The lowest BCUT2D eigenvalue weighted by Crippen LogP contribution is -2.34. The zero-order valence-corrected chi connectivity index (χ0v) is 15.9. The van der Waals surface area contributed by atoms with E-state index in [2.05, 4.69) is 20.4 Å². The van der Waals surface area contributed by atoms with E-state index in [1.54, 1.807) is 14.2 Å². The zero-order valence-electron chi connectivity index (χ0n) is 15.9. The van der Waals surface area contributed by atoms with Crippen LogP contribution in [0.5, 0.6) is 0 Å². The fraction of sp³-hybridized carbons (Fsp3) is 0.611. The van der Waals surface area contributed by atoms with E-state index in [0.717, 1.165) is 31.5 Å². The maximum absolute atomic E-state index is 12.0. The molecule has 8 heteroatoms. The third-order valence-electron chi connectivity index (χ3n) is 5.11. The molecule has 0 aliphatic carbocycles. The van der Waals surface area contributed by atoms with Gasteiger partial charge in [-0.15, -0.1) is 0 Å². The highest BCUT2D eigenvalue weighted by molar-refractivity contribution is 5.92. The fourth-order valence-electron chi connectivity index (χ4n) is 3.51. The monoisotopic (exact) mass is 361 g/mol. The van der Waals surface area contributed by atoms with Gasteiger partial charge in [0.15, 0.2) is 5.82 Å². The Hall–Kier alpha value is -2.19. The minimum absolute atomic E-state index is 0.0730. The van der Waals surface area contributed by atoms with Gasteiger partial charge in [-0.3, -0.25) is 9.69 Å². The third kappa shape index (κ3) is 3.66. The normalized spacial score (nSPS) is 19.5. The first-order chi connectivity index (χ1) is 12.5. The lowest BCUT2D eigenvalue weighted by atomic mass is 9.99. The van der Waals surface area contributed by atoms with Crippen molar-refractivity contribution in [2.75, 3.05) is 20.7 Å². The number of aromatic nitrogens is 3. The van der Waals surface area contributed by atoms with Crippen LogP contribution < -0.4 is 5.32 Å². The molecule has 2 aromatic rings. The third-order valence-corrected chi connectivity index (χ3v) is 5.11. The number of methoxy groups -OCH3 is 1. The molecule has 0 bridgehead atoms. The Morgan fingerprint density at radius 1 is 1.46 bits per heavy atom. The van der Waals surface area contributed by atoms with Gasteiger partial charge in [0.1, 0.15) is 11.8 Å². The summed E-state index contributed by atoms with van der Waals surface area (Å²) in [5.74, 6) is 1.09. The molecule has 1 amide bonds. The minimum Gasteiger partial charge on any atom is -0.374 e. The van der Waals surface area contributed by atoms with Crippen LogP contribution in [0.3, 0.4) is 0 Å². The standard InChI is InChI=1S/C18H27N5O3/c1-12(25-4)17-20-16(26-21-17)11-23-10-6-5-7-14(23)13-8-9-15(22(13)3)18(24)19-2/h8-9,12,14H,5-7,10-11H2,1-4H3,(H,19,24)/t12-,14+/m0/s1. The van der Waals surface area contributed by atoms with E-state index in [1.165, 1.54) is 0 Å². The van der Waals surface area contributed by atoms with Crippen LogP contribution in [-0.2, 0) is 18.3 Å². The molecule has 0 saturated carbocycles. The number of rotatable bonds is 6. The van der Waals surface area contributed by atoms with Crippen LogP contribution in [0, 0.1) is 0 Å². The van der Waals surface area contributed by atoms with Crippen molar-refractivity contribution in [3.05, 3.63) is 35.2 Å². The number of hydrogen-bond acceptors (Lipinski definition) is 6. The molecule has 2 aromatic heterocycles. The summed E-state index contributed by atoms with van der Waals surface area (Å²) in [4.78, 5) is 18.8. The molecular formula is C18H27N5O3. The van der Waals surface area contributed by atoms with Crippen LogP contribution in [0.1, 0.15) is 66.2 Å². The van der Waals surface area contributed by atoms with Gasteiger partial charge in [0.25, 0.3) is 5.91 Å². The average Bonchev–Trinajstić information content (AvgIpc) is 3.28. The summed E-state index contributed by atoms with van der Waals surface area (Å²) in [6.07, 6.45) is 3.16. The fourth-order valence-corrected chi connectivity index (χ4v) is 3.51. The lowest BCUT2D eigenvalue weighted by molar-refractivity contribution is 0.0950. The number of piperidine rings is 1. The second kappa shape index (κ2) is 8.01. The molecule has 1 saturated heterocycles. The molecule has 3 rings (SSSR count). The first-order valence-electron chi connectivity index (χ1n) is 9.02. The molecule has 1 fully saturated rings. The predicted octanol–water partition coefficient (Wildman–Crippen LogP) is 2.20. The van der Waals surface area contributed by atoms with Crippen LogP contribution in [0.25, 0.3) is 0 Å². The maximum Gasteiger partial charge on any atom is 0.267 e. The Labute approximate surface area is 153 Å². The molecule has 0 unspecified atom stereocenters. The number of nitrogens with one attached hydrogen (secondary N) is 1. The number of carbonyl (C=O) groups is 1. The summed E-state index contributed by atoms with van der Waals surface area (Å²) in [6.45, 7) is 3.44. The summed E-state index contributed by atoms with van der Waals surface area (Å²) in [5.41, 5.74) is 1.80. The second-order valence-electron chi connectivity index (χ2n) is 6.69. The number of ether oxygens (including phenoxy) is 1. The largest absolute Gasteiger partial charge is 0.374 e. The molecule has 0 radical (unpaired) electrons. The summed E-state index contributed by atoms with van der Waals surface area (Å²) in [6, 6.07) is 4.15. The molecular weight excluding hydrogens is 334 g/mol. The van der Waals surface area contributed by atoms with E-state index >= 15 is 0 Å². The Morgan fingerprint density at radius 2 is 2.27 bits per heavy atom. The Balaban J connectivity index is 1.79. The summed E-state index contributed by atoms with van der Waals surface area (Å²) in [5, 5.41) is 6.70. The molecule has 1 aliphatic heterocycles. The van der Waals surface area contributed by atoms with E-state index < -0.39 is 0 Å². The number of hydrogen-bond donors (Lipinski definition) is 1. The van der Waals surface area contributed by atoms with Gasteiger partial charge in [0.05, 0.1) is 12.6 Å². The molecule has 1 N–H and O–H groups in total. The lowest BCUT2D eigenvalue weighted by Gasteiger charge is -2.35. The highest BCUT2D eigenvalue weighted by Gasteiger charge is 2.29. The van der Waals surface area contributed by atoms with Crippen LogP contribution in [0.2, 0.25) is 0 Å². The summed E-state index contributed by atoms with van der Waals surface area (Å²) in [7, 11) is 5.22. The van der Waals surface area contributed by atoms with Gasteiger partial charge < -0.3 is 19.1 Å². The molecule has 3 heterocycles. The van der Waals surface area contributed by atoms with Crippen LogP contribution >= 0.6 is 0 Å². The van der Waals surface area contributed by atoms with Crippen molar-refractivity contribution < 1.29 is 14.1 Å². The van der Waals surface area contributed by atoms with Gasteiger partial charge in [-0.1, -0.05) is 11.6 Å². The molecule has 26 heavy (non-hydrogen) atoms. The van der Waals surface area contributed by atoms with Gasteiger partial charge in [-0.25, -0.2) is 0 Å². The van der Waals surface area contributed by atoms with Crippen LogP contribution in [0.4, 0.5) is 0 Å². The maximum atomic E-state index is 12.0. The van der Waals surface area contributed by atoms with Crippen molar-refractivity contribution in [2.24, 2.45) is 7.05 Å². The van der Waals surface area contributed by atoms with E-state index in [1.807, 2.05) is 30.7 Å². The smallest absolute Gasteiger partial charge is 0.267 e. The first kappa shape index (κ1) is 18.6. The summed E-state index contributed by atoms with van der Waals surface area (Å²) < 4.78 is 12.6. The number of carbonyl (C=O) groups excluding carboxylic acids is 1.